The van der Waals surface area contributed by atoms with Crippen LogP contribution in [-0.4, -0.2) is 31.9 Å². The predicted molar refractivity (Wildman–Crippen MR) is 106 cm³/mol. The molecule has 1 aromatic carbocycles. The second-order valence-corrected chi connectivity index (χ2v) is 7.49. The topological polar surface area (TPSA) is 67.4 Å². The number of nitrogens with one attached hydrogen (secondary N) is 2. The summed E-state index contributed by atoms with van der Waals surface area (Å²) in [4.78, 5) is 24.7. The molecule has 1 aliphatic carbocycles. The minimum Gasteiger partial charge on any atom is -0.495 e. The van der Waals surface area contributed by atoms with Crippen LogP contribution in [0, 0.1) is 11.8 Å². The zero-order chi connectivity index (χ0) is 18.0. The Bertz CT molecular complexity index is 688. The molecule has 0 bridgehead atoms. The van der Waals surface area contributed by atoms with E-state index in [0.717, 1.165) is 54.7 Å². The normalized spacial score (nSPS) is 18.7. The molecule has 1 aromatic rings. The van der Waals surface area contributed by atoms with Crippen molar-refractivity contribution in [3.8, 4) is 5.75 Å². The Morgan fingerprint density at radius 3 is 2.69 bits per heavy atom. The first-order valence-electron chi connectivity index (χ1n) is 9.28. The van der Waals surface area contributed by atoms with Crippen LogP contribution in [0.1, 0.15) is 54.6 Å². The summed E-state index contributed by atoms with van der Waals surface area (Å²) in [5.41, 5.74) is 3.75. The van der Waals surface area contributed by atoms with Gasteiger partial charge in [-0.05, 0) is 55.3 Å². The molecule has 1 amide bonds. The molecule has 3 rings (SSSR count). The van der Waals surface area contributed by atoms with Gasteiger partial charge >= 0.3 is 0 Å². The third-order valence-corrected chi connectivity index (χ3v) is 5.27. The van der Waals surface area contributed by atoms with Gasteiger partial charge in [0.1, 0.15) is 5.75 Å². The van der Waals surface area contributed by atoms with E-state index in [2.05, 4.69) is 24.5 Å². The molecule has 1 aliphatic heterocycles. The van der Waals surface area contributed by atoms with E-state index in [0.29, 0.717) is 24.5 Å². The zero-order valence-corrected chi connectivity index (χ0v) is 16.6. The molecule has 0 saturated carbocycles. The lowest BCUT2D eigenvalue weighted by atomic mass is 9.78. The summed E-state index contributed by atoms with van der Waals surface area (Å²) in [6.07, 6.45) is 4.04. The maximum absolute atomic E-state index is 13.0. The minimum atomic E-state index is 0. The van der Waals surface area contributed by atoms with Crippen molar-refractivity contribution in [2.75, 3.05) is 25.5 Å². The first-order valence-corrected chi connectivity index (χ1v) is 9.28. The van der Waals surface area contributed by atoms with Gasteiger partial charge in [-0.2, -0.15) is 0 Å². The number of carbonyl (C=O) groups excluding carboxylic acids is 2. The summed E-state index contributed by atoms with van der Waals surface area (Å²) in [6.45, 7) is 6.10. The highest BCUT2D eigenvalue weighted by Gasteiger charge is 2.32. The molecule has 0 saturated heterocycles. The lowest BCUT2D eigenvalue weighted by molar-refractivity contribution is -0.116. The molecule has 0 radical (unpaired) electrons. The quantitative estimate of drug-likeness (QED) is 0.742. The largest absolute Gasteiger partial charge is 0.495 e. The lowest BCUT2D eigenvalue weighted by Crippen LogP contribution is -2.34. The smallest absolute Gasteiger partial charge is 0.224 e. The van der Waals surface area contributed by atoms with Crippen molar-refractivity contribution >= 4 is 29.8 Å². The fourth-order valence-corrected chi connectivity index (χ4v) is 3.80. The Balaban J connectivity index is 0.00000243. The van der Waals surface area contributed by atoms with Gasteiger partial charge in [0.2, 0.25) is 5.91 Å². The number of anilines is 1. The standard InChI is InChI=1S/C20H28N2O3.ClH/c1-12(2)8-9-21-11-13-4-5-14-15-6-7-18(23)22-19(15)17(25-3)10-16(14)20(13)24;/h10,12-13,21H,4-9,11H2,1-3H3,(H,22,23);1H. The molecule has 26 heavy (non-hydrogen) atoms. The second kappa shape index (κ2) is 8.87. The first-order chi connectivity index (χ1) is 12.0. The van der Waals surface area contributed by atoms with E-state index in [1.54, 1.807) is 7.11 Å². The maximum atomic E-state index is 13.0. The third kappa shape index (κ3) is 4.21. The van der Waals surface area contributed by atoms with Gasteiger partial charge in [-0.1, -0.05) is 13.8 Å². The van der Waals surface area contributed by atoms with Crippen molar-refractivity contribution in [1.82, 2.24) is 5.32 Å². The molecule has 1 unspecified atom stereocenters. The molecule has 2 N–H and O–H groups in total. The number of rotatable bonds is 6. The van der Waals surface area contributed by atoms with E-state index in [4.69, 9.17) is 4.74 Å². The summed E-state index contributed by atoms with van der Waals surface area (Å²) in [6, 6.07) is 1.82. The molecule has 144 valence electrons. The number of Topliss-reactive ketones (excluding diaryl/α,β-unsaturated/α-hetero) is 1. The number of ketones is 1. The Kier molecular flexibility index (Phi) is 7.07. The monoisotopic (exact) mass is 380 g/mol. The van der Waals surface area contributed by atoms with Crippen LogP contribution in [-0.2, 0) is 17.6 Å². The zero-order valence-electron chi connectivity index (χ0n) is 15.8. The van der Waals surface area contributed by atoms with Crippen molar-refractivity contribution in [2.45, 2.75) is 46.0 Å². The van der Waals surface area contributed by atoms with Gasteiger partial charge in [-0.3, -0.25) is 9.59 Å². The van der Waals surface area contributed by atoms with E-state index >= 15 is 0 Å². The first kappa shape index (κ1) is 20.7. The van der Waals surface area contributed by atoms with Crippen LogP contribution in [0.4, 0.5) is 5.69 Å². The number of halogens is 1. The van der Waals surface area contributed by atoms with Crippen LogP contribution in [0.2, 0.25) is 0 Å². The van der Waals surface area contributed by atoms with Gasteiger partial charge in [-0.15, -0.1) is 12.4 Å². The minimum absolute atomic E-state index is 0. The van der Waals surface area contributed by atoms with Gasteiger partial charge in [-0.25, -0.2) is 0 Å². The molecular weight excluding hydrogens is 352 g/mol. The van der Waals surface area contributed by atoms with Crippen molar-refractivity contribution in [3.05, 3.63) is 22.8 Å². The maximum Gasteiger partial charge on any atom is 0.224 e. The number of methoxy groups -OCH3 is 1. The molecule has 2 aliphatic rings. The average molecular weight is 381 g/mol. The number of hydrogen-bond donors (Lipinski definition) is 2. The number of ether oxygens (including phenoxy) is 1. The number of benzene rings is 1. The van der Waals surface area contributed by atoms with E-state index < -0.39 is 0 Å². The highest BCUT2D eigenvalue weighted by molar-refractivity contribution is 6.04. The van der Waals surface area contributed by atoms with Gasteiger partial charge in [0, 0.05) is 24.4 Å². The number of amides is 1. The van der Waals surface area contributed by atoms with Crippen LogP contribution < -0.4 is 15.4 Å². The summed E-state index contributed by atoms with van der Waals surface area (Å²) in [5.74, 6) is 1.52. The van der Waals surface area contributed by atoms with E-state index in [1.807, 2.05) is 6.07 Å². The molecule has 1 heterocycles. The van der Waals surface area contributed by atoms with E-state index in [9.17, 15) is 9.59 Å². The number of fused-ring (bicyclic) bond motifs is 3. The molecule has 0 spiro atoms. The highest BCUT2D eigenvalue weighted by Crippen LogP contribution is 2.40. The SMILES string of the molecule is COc1cc2c(c3c1NC(=O)CC3)CCC(CNCCC(C)C)C2=O.Cl. The number of hydrogen-bond acceptors (Lipinski definition) is 4. The molecular formula is C20H29ClN2O3. The number of carbonyl (C=O) groups is 2. The summed E-state index contributed by atoms with van der Waals surface area (Å²) >= 11 is 0. The molecule has 5 nitrogen and oxygen atoms in total. The van der Waals surface area contributed by atoms with Crippen LogP contribution >= 0.6 is 12.4 Å². The molecule has 1 atom stereocenters. The van der Waals surface area contributed by atoms with Crippen LogP contribution in [0.15, 0.2) is 6.07 Å². The van der Waals surface area contributed by atoms with Crippen LogP contribution in [0.3, 0.4) is 0 Å². The van der Waals surface area contributed by atoms with Gasteiger partial charge < -0.3 is 15.4 Å². The van der Waals surface area contributed by atoms with Crippen LogP contribution in [0.5, 0.6) is 5.75 Å². The van der Waals surface area contributed by atoms with Crippen molar-refractivity contribution < 1.29 is 14.3 Å². The fraction of sp³-hybridized carbons (Fsp3) is 0.600. The molecule has 6 heteroatoms. The lowest BCUT2D eigenvalue weighted by Gasteiger charge is -2.30. The van der Waals surface area contributed by atoms with Gasteiger partial charge in [0.05, 0.1) is 12.8 Å². The Labute approximate surface area is 161 Å². The second-order valence-electron chi connectivity index (χ2n) is 7.49. The van der Waals surface area contributed by atoms with E-state index in [1.165, 1.54) is 0 Å². The van der Waals surface area contributed by atoms with Crippen molar-refractivity contribution in [3.63, 3.8) is 0 Å². The Hall–Kier alpha value is -1.59. The van der Waals surface area contributed by atoms with Gasteiger partial charge in [0.25, 0.3) is 0 Å². The van der Waals surface area contributed by atoms with Crippen molar-refractivity contribution in [2.24, 2.45) is 11.8 Å². The molecule has 0 aromatic heterocycles. The summed E-state index contributed by atoms with van der Waals surface area (Å²) in [5, 5.41) is 6.36. The van der Waals surface area contributed by atoms with E-state index in [-0.39, 0.29) is 30.0 Å². The predicted octanol–water partition coefficient (Wildman–Crippen LogP) is 3.38. The Morgan fingerprint density at radius 1 is 1.23 bits per heavy atom. The fourth-order valence-electron chi connectivity index (χ4n) is 3.80. The average Bonchev–Trinajstić information content (AvgIpc) is 2.59. The summed E-state index contributed by atoms with van der Waals surface area (Å²) < 4.78 is 5.45. The summed E-state index contributed by atoms with van der Waals surface area (Å²) in [7, 11) is 1.58. The van der Waals surface area contributed by atoms with Gasteiger partial charge in [0.15, 0.2) is 5.78 Å². The Morgan fingerprint density at radius 2 is 2.00 bits per heavy atom. The third-order valence-electron chi connectivity index (χ3n) is 5.27. The highest BCUT2D eigenvalue weighted by atomic mass is 35.5. The van der Waals surface area contributed by atoms with Crippen LogP contribution in [0.25, 0.3) is 0 Å². The van der Waals surface area contributed by atoms with Crippen molar-refractivity contribution in [1.29, 1.82) is 0 Å². The molecule has 0 fully saturated rings.